The van der Waals surface area contributed by atoms with Crippen molar-refractivity contribution < 1.29 is 4.79 Å². The average molecular weight is 294 g/mol. The van der Waals surface area contributed by atoms with E-state index in [1.54, 1.807) is 11.8 Å². The van der Waals surface area contributed by atoms with Crippen molar-refractivity contribution in [3.8, 4) is 0 Å². The molecule has 2 N–H and O–H groups in total. The van der Waals surface area contributed by atoms with E-state index in [9.17, 15) is 4.79 Å². The van der Waals surface area contributed by atoms with Gasteiger partial charge < -0.3 is 10.6 Å². The quantitative estimate of drug-likeness (QED) is 0.768. The molecular weight excluding hydrogens is 268 g/mol. The first-order chi connectivity index (χ1) is 9.62. The molecule has 0 aromatic heterocycles. The second-order valence-electron chi connectivity index (χ2n) is 5.01. The second-order valence-corrected chi connectivity index (χ2v) is 5.92. The molecule has 1 rings (SSSR count). The number of thioether (sulfide) groups is 1. The minimum absolute atomic E-state index is 0.0215. The Hall–Kier alpha value is -1.16. The minimum atomic E-state index is 0.0215. The summed E-state index contributed by atoms with van der Waals surface area (Å²) >= 11 is 1.76. The van der Waals surface area contributed by atoms with E-state index in [1.165, 1.54) is 0 Å². The van der Waals surface area contributed by atoms with E-state index in [-0.39, 0.29) is 11.9 Å². The number of aryl methyl sites for hydroxylation is 1. The van der Waals surface area contributed by atoms with E-state index in [0.717, 1.165) is 42.0 Å². The first-order valence-electron chi connectivity index (χ1n) is 7.26. The third-order valence-electron chi connectivity index (χ3n) is 3.18. The van der Waals surface area contributed by atoms with Gasteiger partial charge in [0.25, 0.3) is 5.91 Å². The van der Waals surface area contributed by atoms with Gasteiger partial charge in [-0.15, -0.1) is 0 Å². The van der Waals surface area contributed by atoms with Gasteiger partial charge in [-0.05, 0) is 38.2 Å². The Labute approximate surface area is 126 Å². The van der Waals surface area contributed by atoms with Crippen LogP contribution in [0.15, 0.2) is 18.2 Å². The number of nitrogens with one attached hydrogen (secondary N) is 2. The molecule has 1 aromatic rings. The van der Waals surface area contributed by atoms with Gasteiger partial charge in [-0.1, -0.05) is 25.5 Å². The van der Waals surface area contributed by atoms with E-state index in [2.05, 4.69) is 30.7 Å². The standard InChI is InChI=1S/C16H26N2OS/c1-5-9-17-15-8-7-12(3)10-14(15)16(19)18-13(6-2)11-20-4/h7-8,10,13,17H,5-6,9,11H2,1-4H3,(H,18,19). The zero-order valence-electron chi connectivity index (χ0n) is 13.0. The molecule has 1 amide bonds. The number of carbonyl (C=O) groups excluding carboxylic acids is 1. The Balaban J connectivity index is 2.86. The van der Waals surface area contributed by atoms with Crippen LogP contribution in [0, 0.1) is 6.92 Å². The van der Waals surface area contributed by atoms with Crippen molar-refractivity contribution in [3.63, 3.8) is 0 Å². The number of hydrogen-bond donors (Lipinski definition) is 2. The maximum Gasteiger partial charge on any atom is 0.253 e. The van der Waals surface area contributed by atoms with Crippen LogP contribution in [0.3, 0.4) is 0 Å². The molecule has 0 spiro atoms. The lowest BCUT2D eigenvalue weighted by molar-refractivity contribution is 0.0940. The average Bonchev–Trinajstić information content (AvgIpc) is 2.45. The predicted molar refractivity (Wildman–Crippen MR) is 89.9 cm³/mol. The van der Waals surface area contributed by atoms with Crippen LogP contribution in [0.1, 0.15) is 42.6 Å². The van der Waals surface area contributed by atoms with Gasteiger partial charge >= 0.3 is 0 Å². The zero-order valence-corrected chi connectivity index (χ0v) is 13.8. The SMILES string of the molecule is CCCNc1ccc(C)cc1C(=O)NC(CC)CSC. The highest BCUT2D eigenvalue weighted by Crippen LogP contribution is 2.18. The monoisotopic (exact) mass is 294 g/mol. The zero-order chi connectivity index (χ0) is 15.0. The first kappa shape index (κ1) is 16.9. The van der Waals surface area contributed by atoms with Crippen molar-refractivity contribution in [3.05, 3.63) is 29.3 Å². The molecule has 0 saturated heterocycles. The first-order valence-corrected chi connectivity index (χ1v) is 8.66. The van der Waals surface area contributed by atoms with Gasteiger partial charge in [0.05, 0.1) is 5.56 Å². The molecular formula is C16H26N2OS. The highest BCUT2D eigenvalue weighted by atomic mass is 32.2. The van der Waals surface area contributed by atoms with Gasteiger partial charge in [-0.3, -0.25) is 4.79 Å². The van der Waals surface area contributed by atoms with Gasteiger partial charge in [0.1, 0.15) is 0 Å². The fourth-order valence-corrected chi connectivity index (χ4v) is 2.71. The van der Waals surface area contributed by atoms with Crippen LogP contribution in [0.4, 0.5) is 5.69 Å². The van der Waals surface area contributed by atoms with Gasteiger partial charge in [0.2, 0.25) is 0 Å². The lowest BCUT2D eigenvalue weighted by Gasteiger charge is -2.18. The molecule has 112 valence electrons. The van der Waals surface area contributed by atoms with Gasteiger partial charge in [-0.25, -0.2) is 0 Å². The van der Waals surface area contributed by atoms with Crippen LogP contribution in [-0.4, -0.2) is 30.5 Å². The summed E-state index contributed by atoms with van der Waals surface area (Å²) in [6.45, 7) is 7.12. The fourth-order valence-electron chi connectivity index (χ4n) is 1.99. The molecule has 0 aliphatic rings. The molecule has 0 saturated carbocycles. The summed E-state index contributed by atoms with van der Waals surface area (Å²) in [5.74, 6) is 0.972. The summed E-state index contributed by atoms with van der Waals surface area (Å²) < 4.78 is 0. The van der Waals surface area contributed by atoms with E-state index >= 15 is 0 Å². The molecule has 20 heavy (non-hydrogen) atoms. The molecule has 0 aliphatic heterocycles. The molecule has 0 heterocycles. The van der Waals surface area contributed by atoms with Crippen molar-refractivity contribution >= 4 is 23.4 Å². The number of benzene rings is 1. The molecule has 4 heteroatoms. The topological polar surface area (TPSA) is 41.1 Å². The maximum absolute atomic E-state index is 12.5. The maximum atomic E-state index is 12.5. The smallest absolute Gasteiger partial charge is 0.253 e. The highest BCUT2D eigenvalue weighted by Gasteiger charge is 2.15. The highest BCUT2D eigenvalue weighted by molar-refractivity contribution is 7.98. The van der Waals surface area contributed by atoms with Crippen LogP contribution < -0.4 is 10.6 Å². The van der Waals surface area contributed by atoms with E-state index in [0.29, 0.717) is 0 Å². The van der Waals surface area contributed by atoms with Crippen molar-refractivity contribution in [2.24, 2.45) is 0 Å². The molecule has 1 atom stereocenters. The van der Waals surface area contributed by atoms with Crippen LogP contribution in [0.5, 0.6) is 0 Å². The largest absolute Gasteiger partial charge is 0.384 e. The summed E-state index contributed by atoms with van der Waals surface area (Å²) in [5, 5.41) is 6.46. The molecule has 0 aliphatic carbocycles. The third-order valence-corrected chi connectivity index (χ3v) is 3.92. The number of hydrogen-bond acceptors (Lipinski definition) is 3. The summed E-state index contributed by atoms with van der Waals surface area (Å²) in [5.41, 5.74) is 2.78. The van der Waals surface area contributed by atoms with Crippen molar-refractivity contribution in [1.29, 1.82) is 0 Å². The van der Waals surface area contributed by atoms with Crippen molar-refractivity contribution in [2.75, 3.05) is 23.9 Å². The molecule has 0 radical (unpaired) electrons. The molecule has 1 unspecified atom stereocenters. The summed E-state index contributed by atoms with van der Waals surface area (Å²) in [6, 6.07) is 6.22. The van der Waals surface area contributed by atoms with Crippen LogP contribution >= 0.6 is 11.8 Å². The molecule has 0 bridgehead atoms. The lowest BCUT2D eigenvalue weighted by atomic mass is 10.1. The molecule has 0 fully saturated rings. The molecule has 3 nitrogen and oxygen atoms in total. The molecule has 1 aromatic carbocycles. The fraction of sp³-hybridized carbons (Fsp3) is 0.562. The van der Waals surface area contributed by atoms with E-state index in [4.69, 9.17) is 0 Å². The van der Waals surface area contributed by atoms with Crippen LogP contribution in [0.25, 0.3) is 0 Å². The van der Waals surface area contributed by atoms with Crippen molar-refractivity contribution in [1.82, 2.24) is 5.32 Å². The van der Waals surface area contributed by atoms with Crippen LogP contribution in [0.2, 0.25) is 0 Å². The Morgan fingerprint density at radius 2 is 2.10 bits per heavy atom. The number of rotatable bonds is 8. The Bertz CT molecular complexity index is 434. The van der Waals surface area contributed by atoms with Gasteiger partial charge in [-0.2, -0.15) is 11.8 Å². The summed E-state index contributed by atoms with van der Waals surface area (Å²) in [7, 11) is 0. The normalized spacial score (nSPS) is 12.0. The summed E-state index contributed by atoms with van der Waals surface area (Å²) in [6.07, 6.45) is 4.06. The lowest BCUT2D eigenvalue weighted by Crippen LogP contribution is -2.36. The second kappa shape index (κ2) is 8.90. The summed E-state index contributed by atoms with van der Waals surface area (Å²) in [4.78, 5) is 12.5. The van der Waals surface area contributed by atoms with Gasteiger partial charge in [0, 0.05) is 24.0 Å². The number of carbonyl (C=O) groups is 1. The predicted octanol–water partition coefficient (Wildman–Crippen LogP) is 3.69. The number of anilines is 1. The van der Waals surface area contributed by atoms with E-state index < -0.39 is 0 Å². The Kier molecular flexibility index (Phi) is 7.52. The van der Waals surface area contributed by atoms with Crippen molar-refractivity contribution in [2.45, 2.75) is 39.7 Å². The minimum Gasteiger partial charge on any atom is -0.384 e. The van der Waals surface area contributed by atoms with Gasteiger partial charge in [0.15, 0.2) is 0 Å². The van der Waals surface area contributed by atoms with Crippen LogP contribution in [-0.2, 0) is 0 Å². The Morgan fingerprint density at radius 3 is 2.70 bits per heavy atom. The Morgan fingerprint density at radius 1 is 1.35 bits per heavy atom. The number of amides is 1. The third kappa shape index (κ3) is 5.08. The van der Waals surface area contributed by atoms with E-state index in [1.807, 2.05) is 25.1 Å².